The van der Waals surface area contributed by atoms with E-state index in [9.17, 15) is 19.2 Å². The van der Waals surface area contributed by atoms with E-state index in [0.29, 0.717) is 24.9 Å². The number of amides is 6. The number of carbonyl (C=O) groups excluding carboxylic acids is 4. The third-order valence-electron chi connectivity index (χ3n) is 12.2. The molecule has 0 bridgehead atoms. The Morgan fingerprint density at radius 2 is 0.981 bits per heavy atom. The molecule has 0 aliphatic carbocycles. The fourth-order valence-electron chi connectivity index (χ4n) is 9.24. The van der Waals surface area contributed by atoms with E-state index < -0.39 is 36.5 Å². The van der Waals surface area contributed by atoms with Gasteiger partial charge in [0.2, 0.25) is 0 Å². The Morgan fingerprint density at radius 1 is 0.611 bits per heavy atom. The summed E-state index contributed by atoms with van der Waals surface area (Å²) in [7, 11) is 3.38. The molecule has 6 heterocycles. The van der Waals surface area contributed by atoms with E-state index in [-0.39, 0.29) is 17.7 Å². The van der Waals surface area contributed by atoms with Crippen molar-refractivity contribution >= 4 is 35.8 Å². The molecule has 2 aromatic rings. The summed E-state index contributed by atoms with van der Waals surface area (Å²) in [5.74, 6) is 1.88. The van der Waals surface area contributed by atoms with Crippen molar-refractivity contribution in [2.45, 2.75) is 69.9 Å². The molecule has 4 saturated heterocycles. The molecule has 4 fully saturated rings. The molecule has 8 rings (SSSR count). The zero-order valence-electron chi connectivity index (χ0n) is 31.5. The van der Waals surface area contributed by atoms with Crippen LogP contribution in [0.25, 0.3) is 0 Å². The van der Waals surface area contributed by atoms with Gasteiger partial charge in [0.1, 0.15) is 0 Å². The minimum Gasteiger partial charge on any atom is -0.343 e. The Bertz CT molecular complexity index is 1660. The second-order valence-corrected chi connectivity index (χ2v) is 16.0. The highest BCUT2D eigenvalue weighted by atomic mass is 16.2. The number of urea groups is 2. The van der Waals surface area contributed by atoms with Gasteiger partial charge in [-0.15, -0.1) is 0 Å². The summed E-state index contributed by atoms with van der Waals surface area (Å²) in [5, 5.41) is 5.09. The first kappa shape index (κ1) is 35.9. The molecule has 4 unspecified atom stereocenters. The van der Waals surface area contributed by atoms with E-state index in [0.717, 1.165) is 76.6 Å². The van der Waals surface area contributed by atoms with Gasteiger partial charge >= 0.3 is 12.1 Å². The molecule has 2 N–H and O–H groups in total. The largest absolute Gasteiger partial charge is 0.343 e. The number of hydrogen-bond donors (Lipinski definition) is 2. The average Bonchev–Trinajstić information content (AvgIpc) is 3.74. The fourth-order valence-corrected chi connectivity index (χ4v) is 9.24. The van der Waals surface area contributed by atoms with E-state index in [1.165, 1.54) is 20.9 Å². The molecule has 14 heteroatoms. The van der Waals surface area contributed by atoms with Crippen molar-refractivity contribution < 1.29 is 19.2 Å². The number of nitrogens with one attached hydrogen (secondary N) is 2. The van der Waals surface area contributed by atoms with Crippen LogP contribution >= 0.6 is 0 Å². The summed E-state index contributed by atoms with van der Waals surface area (Å²) >= 11 is 0. The number of benzene rings is 2. The topological polar surface area (TPSA) is 136 Å². The Hall–Kier alpha value is -5.14. The summed E-state index contributed by atoms with van der Waals surface area (Å²) in [6.07, 6.45) is 4.86. The van der Waals surface area contributed by atoms with Crippen LogP contribution in [0, 0.1) is 17.8 Å². The normalized spacial score (nSPS) is 27.1. The molecule has 4 atom stereocenters. The summed E-state index contributed by atoms with van der Waals surface area (Å²) in [6.45, 7) is 6.34. The lowest BCUT2D eigenvalue weighted by Crippen LogP contribution is -2.66. The molecule has 0 spiro atoms. The van der Waals surface area contributed by atoms with Crippen molar-refractivity contribution in [2.75, 3.05) is 53.4 Å². The van der Waals surface area contributed by atoms with E-state index >= 15 is 0 Å². The highest BCUT2D eigenvalue weighted by Gasteiger charge is 2.52. The number of likely N-dealkylation sites (N-methyl/N-ethyl adjacent to an activating group) is 2. The van der Waals surface area contributed by atoms with Gasteiger partial charge < -0.3 is 29.4 Å². The highest BCUT2D eigenvalue weighted by Crippen LogP contribution is 2.33. The maximum atomic E-state index is 13.5. The Kier molecular flexibility index (Phi) is 9.93. The zero-order valence-corrected chi connectivity index (χ0v) is 31.5. The number of aliphatic imine (C=N–C) groups is 2. The molecule has 6 amide bonds. The minimum absolute atomic E-state index is 0.0457. The second kappa shape index (κ2) is 14.9. The van der Waals surface area contributed by atoms with E-state index in [2.05, 4.69) is 85.7 Å². The molecule has 6 aliphatic rings. The number of likely N-dealkylation sites (tertiary alicyclic amines) is 2. The lowest BCUT2D eigenvalue weighted by Gasteiger charge is -2.42. The van der Waals surface area contributed by atoms with Crippen molar-refractivity contribution in [3.63, 3.8) is 0 Å². The molecule has 54 heavy (non-hydrogen) atoms. The van der Waals surface area contributed by atoms with Gasteiger partial charge in [0, 0.05) is 53.4 Å². The third-order valence-corrected chi connectivity index (χ3v) is 12.2. The van der Waals surface area contributed by atoms with Crippen LogP contribution in [-0.2, 0) is 22.4 Å². The third kappa shape index (κ3) is 6.98. The van der Waals surface area contributed by atoms with E-state index in [4.69, 9.17) is 9.98 Å². The first-order valence-corrected chi connectivity index (χ1v) is 19.6. The summed E-state index contributed by atoms with van der Waals surface area (Å²) in [4.78, 5) is 74.4. The van der Waals surface area contributed by atoms with Crippen LogP contribution in [0.4, 0.5) is 9.59 Å². The Balaban J connectivity index is 0.990. The SMILES string of the molecule is CC(CN1C(N2CCC(Cc3ccccc3)CC2)=NC2C1C(=O)NC(=O)N2C)CN1C(N2CCC(Cc3ccccc3)CC2)=NC2C1C(=O)NC(=O)N2C. The van der Waals surface area contributed by atoms with Gasteiger partial charge in [-0.1, -0.05) is 67.6 Å². The lowest BCUT2D eigenvalue weighted by atomic mass is 9.90. The average molecular weight is 737 g/mol. The molecule has 286 valence electrons. The van der Waals surface area contributed by atoms with Crippen molar-refractivity contribution in [3.05, 3.63) is 71.8 Å². The van der Waals surface area contributed by atoms with Crippen LogP contribution in [0.2, 0.25) is 0 Å². The number of carbonyl (C=O) groups is 4. The van der Waals surface area contributed by atoms with Gasteiger partial charge in [0.05, 0.1) is 0 Å². The number of imide groups is 2. The number of fused-ring (bicyclic) bond motifs is 2. The van der Waals surface area contributed by atoms with Crippen molar-refractivity contribution in [1.29, 1.82) is 0 Å². The number of hydrogen-bond acceptors (Lipinski definition) is 10. The van der Waals surface area contributed by atoms with E-state index in [1.54, 1.807) is 14.1 Å². The predicted molar refractivity (Wildman–Crippen MR) is 204 cm³/mol. The summed E-state index contributed by atoms with van der Waals surface area (Å²) in [5.41, 5.74) is 2.69. The van der Waals surface area contributed by atoms with Gasteiger partial charge in [0.25, 0.3) is 11.8 Å². The van der Waals surface area contributed by atoms with Gasteiger partial charge in [0.15, 0.2) is 36.3 Å². The molecular formula is C40H52N10O4. The molecule has 0 saturated carbocycles. The van der Waals surface area contributed by atoms with Crippen LogP contribution in [0.15, 0.2) is 70.6 Å². The second-order valence-electron chi connectivity index (χ2n) is 16.0. The smallest absolute Gasteiger partial charge is 0.325 e. The standard InChI is InChI=1S/C40H52N10O4/c1-26(24-49-31-33(45(2)39(53)43-35(31)51)41-37(49)47-18-14-29(15-19-47)22-27-10-6-4-7-11-27)25-50-32-34(46(3)40(54)44-36(32)52)42-38(50)48-20-16-30(17-21-48)23-28-12-8-5-9-13-28/h4-13,26,29-34H,14-25H2,1-3H3,(H,43,51,53)(H,44,52,54). The molecular weight excluding hydrogens is 685 g/mol. The van der Waals surface area contributed by atoms with Crippen LogP contribution in [-0.4, -0.2) is 143 Å². The van der Waals surface area contributed by atoms with Gasteiger partial charge in [-0.25, -0.2) is 19.6 Å². The van der Waals surface area contributed by atoms with Gasteiger partial charge in [-0.2, -0.15) is 0 Å². The van der Waals surface area contributed by atoms with Crippen LogP contribution in [0.1, 0.15) is 43.7 Å². The first-order valence-electron chi connectivity index (χ1n) is 19.6. The predicted octanol–water partition coefficient (Wildman–Crippen LogP) is 2.63. The van der Waals surface area contributed by atoms with Crippen molar-refractivity contribution in [1.82, 2.24) is 40.0 Å². The van der Waals surface area contributed by atoms with Crippen molar-refractivity contribution in [2.24, 2.45) is 27.7 Å². The quantitative estimate of drug-likeness (QED) is 0.423. The van der Waals surface area contributed by atoms with E-state index in [1.807, 2.05) is 12.1 Å². The molecule has 0 aromatic heterocycles. The minimum atomic E-state index is -0.656. The number of nitrogens with zero attached hydrogens (tertiary/aromatic N) is 8. The lowest BCUT2D eigenvalue weighted by molar-refractivity contribution is -0.127. The maximum Gasteiger partial charge on any atom is 0.325 e. The molecule has 2 aromatic carbocycles. The first-order chi connectivity index (χ1) is 26.1. The number of guanidine groups is 2. The van der Waals surface area contributed by atoms with Crippen LogP contribution < -0.4 is 10.6 Å². The monoisotopic (exact) mass is 736 g/mol. The molecule has 6 aliphatic heterocycles. The van der Waals surface area contributed by atoms with Gasteiger partial charge in [-0.05, 0) is 67.4 Å². The zero-order chi connectivity index (χ0) is 37.5. The van der Waals surface area contributed by atoms with Gasteiger partial charge in [-0.3, -0.25) is 20.2 Å². The molecule has 0 radical (unpaired) electrons. The van der Waals surface area contributed by atoms with Crippen LogP contribution in [0.5, 0.6) is 0 Å². The fraction of sp³-hybridized carbons (Fsp3) is 0.550. The summed E-state index contributed by atoms with van der Waals surface area (Å²) < 4.78 is 0. The van der Waals surface area contributed by atoms with Crippen LogP contribution in [0.3, 0.4) is 0 Å². The maximum absolute atomic E-state index is 13.5. The Morgan fingerprint density at radius 3 is 1.35 bits per heavy atom. The Labute approximate surface area is 317 Å². The molecule has 14 nitrogen and oxygen atoms in total. The van der Waals surface area contributed by atoms with Crippen molar-refractivity contribution in [3.8, 4) is 0 Å². The summed E-state index contributed by atoms with van der Waals surface area (Å²) in [6, 6.07) is 19.0. The number of rotatable bonds is 8. The number of piperidine rings is 2. The highest BCUT2D eigenvalue weighted by molar-refractivity contribution is 6.04.